The zero-order chi connectivity index (χ0) is 13.2. The SMILES string of the molecule is CCNC(=NCC(=O)NC1CCCCC1)NCC.I. The summed E-state index contributed by atoms with van der Waals surface area (Å²) >= 11 is 0. The van der Waals surface area contributed by atoms with Gasteiger partial charge in [0.15, 0.2) is 5.96 Å². The summed E-state index contributed by atoms with van der Waals surface area (Å²) in [7, 11) is 0. The molecule has 0 unspecified atom stereocenters. The van der Waals surface area contributed by atoms with Gasteiger partial charge >= 0.3 is 0 Å². The lowest BCUT2D eigenvalue weighted by molar-refractivity contribution is -0.120. The highest BCUT2D eigenvalue weighted by atomic mass is 127. The summed E-state index contributed by atoms with van der Waals surface area (Å²) < 4.78 is 0. The van der Waals surface area contributed by atoms with Gasteiger partial charge in [0.2, 0.25) is 5.91 Å². The van der Waals surface area contributed by atoms with Crippen LogP contribution in [0, 0.1) is 0 Å². The van der Waals surface area contributed by atoms with Crippen LogP contribution < -0.4 is 16.0 Å². The van der Waals surface area contributed by atoms with Crippen LogP contribution in [0.15, 0.2) is 4.99 Å². The second-order valence-corrected chi connectivity index (χ2v) is 4.63. The van der Waals surface area contributed by atoms with Crippen LogP contribution in [0.4, 0.5) is 0 Å². The second kappa shape index (κ2) is 11.3. The van der Waals surface area contributed by atoms with Gasteiger partial charge in [0.1, 0.15) is 6.54 Å². The maximum absolute atomic E-state index is 11.8. The summed E-state index contributed by atoms with van der Waals surface area (Å²) in [5, 5.41) is 9.26. The van der Waals surface area contributed by atoms with Gasteiger partial charge in [-0.05, 0) is 26.7 Å². The summed E-state index contributed by atoms with van der Waals surface area (Å²) in [6, 6.07) is 0.364. The predicted octanol–water partition coefficient (Wildman–Crippen LogP) is 1.63. The number of carbonyl (C=O) groups excluding carboxylic acids is 1. The largest absolute Gasteiger partial charge is 0.357 e. The Balaban J connectivity index is 0.00000324. The lowest BCUT2D eigenvalue weighted by Crippen LogP contribution is -2.40. The van der Waals surface area contributed by atoms with Crippen LogP contribution in [-0.4, -0.2) is 37.5 Å². The van der Waals surface area contributed by atoms with Crippen molar-refractivity contribution < 1.29 is 4.79 Å². The Kier molecular flexibility index (Phi) is 11.0. The minimum Gasteiger partial charge on any atom is -0.357 e. The summed E-state index contributed by atoms with van der Waals surface area (Å²) in [4.78, 5) is 16.0. The summed E-state index contributed by atoms with van der Waals surface area (Å²) in [6.07, 6.45) is 5.99. The van der Waals surface area contributed by atoms with Crippen LogP contribution >= 0.6 is 24.0 Å². The molecule has 0 bridgehead atoms. The van der Waals surface area contributed by atoms with Crippen LogP contribution in [0.5, 0.6) is 0 Å². The first-order valence-corrected chi connectivity index (χ1v) is 7.07. The average molecular weight is 382 g/mol. The van der Waals surface area contributed by atoms with E-state index >= 15 is 0 Å². The third-order valence-corrected chi connectivity index (χ3v) is 3.04. The molecule has 0 aromatic heterocycles. The van der Waals surface area contributed by atoms with Crippen molar-refractivity contribution in [2.75, 3.05) is 19.6 Å². The molecule has 0 saturated heterocycles. The van der Waals surface area contributed by atoms with E-state index in [1.165, 1.54) is 19.3 Å². The van der Waals surface area contributed by atoms with Gasteiger partial charge in [0.05, 0.1) is 0 Å². The summed E-state index contributed by atoms with van der Waals surface area (Å²) in [5.74, 6) is 0.731. The van der Waals surface area contributed by atoms with Crippen molar-refractivity contribution in [1.29, 1.82) is 0 Å². The number of nitrogens with one attached hydrogen (secondary N) is 3. The van der Waals surface area contributed by atoms with Crippen LogP contribution in [0.3, 0.4) is 0 Å². The minimum absolute atomic E-state index is 0. The number of hydrogen-bond acceptors (Lipinski definition) is 2. The van der Waals surface area contributed by atoms with Gasteiger partial charge in [-0.2, -0.15) is 0 Å². The van der Waals surface area contributed by atoms with E-state index in [4.69, 9.17) is 0 Å². The average Bonchev–Trinajstić information content (AvgIpc) is 2.38. The lowest BCUT2D eigenvalue weighted by atomic mass is 9.95. The highest BCUT2D eigenvalue weighted by Gasteiger charge is 2.15. The molecule has 0 radical (unpaired) electrons. The number of carbonyl (C=O) groups is 1. The molecule has 1 aliphatic rings. The minimum atomic E-state index is 0. The van der Waals surface area contributed by atoms with Gasteiger partial charge in [-0.15, -0.1) is 24.0 Å². The number of aliphatic imine (C=N–C) groups is 1. The van der Waals surface area contributed by atoms with Crippen molar-refractivity contribution in [3.05, 3.63) is 0 Å². The molecule has 3 N–H and O–H groups in total. The van der Waals surface area contributed by atoms with Gasteiger partial charge < -0.3 is 16.0 Å². The normalized spacial score (nSPS) is 15.1. The van der Waals surface area contributed by atoms with Crippen LogP contribution in [0.25, 0.3) is 0 Å². The molecule has 6 heteroatoms. The van der Waals surface area contributed by atoms with Crippen molar-refractivity contribution in [3.63, 3.8) is 0 Å². The highest BCUT2D eigenvalue weighted by Crippen LogP contribution is 2.17. The number of guanidine groups is 1. The maximum atomic E-state index is 11.8. The van der Waals surface area contributed by atoms with Gasteiger partial charge in [0.25, 0.3) is 0 Å². The molecule has 1 fully saturated rings. The lowest BCUT2D eigenvalue weighted by Gasteiger charge is -2.22. The zero-order valence-corrected chi connectivity index (χ0v) is 14.3. The fourth-order valence-electron chi connectivity index (χ4n) is 2.18. The van der Waals surface area contributed by atoms with Crippen molar-refractivity contribution in [1.82, 2.24) is 16.0 Å². The zero-order valence-electron chi connectivity index (χ0n) is 12.0. The number of rotatable bonds is 5. The van der Waals surface area contributed by atoms with Crippen LogP contribution in [0.2, 0.25) is 0 Å². The fourth-order valence-corrected chi connectivity index (χ4v) is 2.18. The highest BCUT2D eigenvalue weighted by molar-refractivity contribution is 14.0. The number of nitrogens with zero attached hydrogens (tertiary/aromatic N) is 1. The standard InChI is InChI=1S/C13H26N4O.HI/c1-3-14-13(15-4-2)16-10-12(18)17-11-8-6-5-7-9-11;/h11H,3-10H2,1-2H3,(H,17,18)(H2,14,15,16);1H. The second-order valence-electron chi connectivity index (χ2n) is 4.63. The van der Waals surface area contributed by atoms with Gasteiger partial charge in [-0.3, -0.25) is 4.79 Å². The molecule has 0 heterocycles. The van der Waals surface area contributed by atoms with Crippen molar-refractivity contribution in [2.45, 2.75) is 52.0 Å². The van der Waals surface area contributed by atoms with E-state index in [0.717, 1.165) is 25.9 Å². The predicted molar refractivity (Wildman–Crippen MR) is 90.1 cm³/mol. The fraction of sp³-hybridized carbons (Fsp3) is 0.846. The number of hydrogen-bond donors (Lipinski definition) is 3. The first kappa shape index (κ1) is 18.5. The molecule has 0 aliphatic heterocycles. The van der Waals surface area contributed by atoms with Crippen molar-refractivity contribution in [3.8, 4) is 0 Å². The number of halogens is 1. The van der Waals surface area contributed by atoms with Crippen molar-refractivity contribution in [2.24, 2.45) is 4.99 Å². The smallest absolute Gasteiger partial charge is 0.242 e. The quantitative estimate of drug-likeness (QED) is 0.385. The van der Waals surface area contributed by atoms with E-state index in [1.807, 2.05) is 13.8 Å². The maximum Gasteiger partial charge on any atom is 0.242 e. The summed E-state index contributed by atoms with van der Waals surface area (Å²) in [6.45, 7) is 5.82. The van der Waals surface area contributed by atoms with E-state index < -0.39 is 0 Å². The molecular formula is C13H27IN4O. The van der Waals surface area contributed by atoms with E-state index in [-0.39, 0.29) is 36.4 Å². The molecular weight excluding hydrogens is 355 g/mol. The molecule has 1 saturated carbocycles. The van der Waals surface area contributed by atoms with E-state index in [2.05, 4.69) is 20.9 Å². The molecule has 5 nitrogen and oxygen atoms in total. The van der Waals surface area contributed by atoms with E-state index in [9.17, 15) is 4.79 Å². The molecule has 0 aromatic carbocycles. The first-order chi connectivity index (χ1) is 8.76. The van der Waals surface area contributed by atoms with Crippen molar-refractivity contribution >= 4 is 35.8 Å². The Hall–Kier alpha value is -0.530. The molecule has 19 heavy (non-hydrogen) atoms. The Bertz CT molecular complexity index is 270. The molecule has 0 aromatic rings. The molecule has 1 amide bonds. The number of amides is 1. The molecule has 0 atom stereocenters. The van der Waals surface area contributed by atoms with Gasteiger partial charge in [-0.1, -0.05) is 19.3 Å². The van der Waals surface area contributed by atoms with Gasteiger partial charge in [0, 0.05) is 19.1 Å². The molecule has 112 valence electrons. The monoisotopic (exact) mass is 382 g/mol. The summed E-state index contributed by atoms with van der Waals surface area (Å²) in [5.41, 5.74) is 0. The first-order valence-electron chi connectivity index (χ1n) is 7.07. The molecule has 0 spiro atoms. The molecule has 1 rings (SSSR count). The third kappa shape index (κ3) is 8.28. The topological polar surface area (TPSA) is 65.5 Å². The third-order valence-electron chi connectivity index (χ3n) is 3.04. The van der Waals surface area contributed by atoms with E-state index in [0.29, 0.717) is 12.0 Å². The Morgan fingerprint density at radius 1 is 1.11 bits per heavy atom. The molecule has 1 aliphatic carbocycles. The Morgan fingerprint density at radius 2 is 1.68 bits per heavy atom. The van der Waals surface area contributed by atoms with Crippen LogP contribution in [0.1, 0.15) is 46.0 Å². The van der Waals surface area contributed by atoms with E-state index in [1.54, 1.807) is 0 Å². The van der Waals surface area contributed by atoms with Gasteiger partial charge in [-0.25, -0.2) is 4.99 Å². The Labute approximate surface area is 133 Å². The van der Waals surface area contributed by atoms with Crippen LogP contribution in [-0.2, 0) is 4.79 Å². The Morgan fingerprint density at radius 3 is 2.21 bits per heavy atom.